The van der Waals surface area contributed by atoms with Crippen LogP contribution < -0.4 is 0 Å². The molecule has 2 bridgehead atoms. The second-order valence-corrected chi connectivity index (χ2v) is 13.2. The van der Waals surface area contributed by atoms with Crippen LogP contribution in [0.4, 0.5) is 0 Å². The van der Waals surface area contributed by atoms with Crippen LogP contribution in [0.1, 0.15) is 71.7 Å². The van der Waals surface area contributed by atoms with Gasteiger partial charge in [-0.2, -0.15) is 0 Å². The minimum atomic E-state index is -2.02. The minimum absolute atomic E-state index is 0.0780. The lowest BCUT2D eigenvalue weighted by atomic mass is 9.43. The van der Waals surface area contributed by atoms with E-state index in [2.05, 4.69) is 0 Å². The number of carbonyl (C=O) groups is 4. The number of esters is 3. The smallest absolute Gasteiger partial charge is 0.338 e. The van der Waals surface area contributed by atoms with Gasteiger partial charge in [-0.1, -0.05) is 45.9 Å². The van der Waals surface area contributed by atoms with Gasteiger partial charge in [0.05, 0.1) is 24.2 Å². The molecule has 3 aliphatic carbocycles. The highest BCUT2D eigenvalue weighted by Gasteiger charge is 2.77. The van der Waals surface area contributed by atoms with Crippen molar-refractivity contribution < 1.29 is 48.3 Å². The zero-order valence-electron chi connectivity index (χ0n) is 25.1. The number of ether oxygens (including phenoxy) is 4. The number of hydrogen-bond donors (Lipinski definition) is 2. The van der Waals surface area contributed by atoms with Crippen LogP contribution in [0.5, 0.6) is 0 Å². The molecule has 0 aromatic heterocycles. The van der Waals surface area contributed by atoms with E-state index in [9.17, 15) is 29.4 Å². The first-order valence-electron chi connectivity index (χ1n) is 14.4. The SMILES string of the molecule is CC(=O)OC1C(=O)C2=C(C)C(O)CC(O)(C(OC(=O)c3ccccc3)C3C4(OC(C)=O)COC4C[C@H](C)[C@@]13C)C2(C)C. The number of rotatable bonds is 4. The van der Waals surface area contributed by atoms with Crippen molar-refractivity contribution in [2.24, 2.45) is 22.7 Å². The number of fused-ring (bicyclic) bond motifs is 5. The Morgan fingerprint density at radius 1 is 1.02 bits per heavy atom. The number of carbonyl (C=O) groups excluding carboxylic acids is 4. The van der Waals surface area contributed by atoms with E-state index in [4.69, 9.17) is 18.9 Å². The largest absolute Gasteiger partial charge is 0.455 e. The second kappa shape index (κ2) is 9.99. The van der Waals surface area contributed by atoms with E-state index < -0.39 is 76.1 Å². The first-order chi connectivity index (χ1) is 19.5. The summed E-state index contributed by atoms with van der Waals surface area (Å²) in [4.78, 5) is 53.7. The van der Waals surface area contributed by atoms with Gasteiger partial charge in [0.25, 0.3) is 0 Å². The molecular weight excluding hydrogens is 544 g/mol. The molecule has 1 aromatic carbocycles. The fourth-order valence-electron chi connectivity index (χ4n) is 8.27. The molecule has 0 spiro atoms. The molecule has 42 heavy (non-hydrogen) atoms. The second-order valence-electron chi connectivity index (χ2n) is 13.2. The first-order valence-corrected chi connectivity index (χ1v) is 14.4. The Kier molecular flexibility index (Phi) is 7.23. The van der Waals surface area contributed by atoms with Crippen molar-refractivity contribution in [1.29, 1.82) is 0 Å². The predicted octanol–water partition coefficient (Wildman–Crippen LogP) is 2.93. The number of aliphatic hydroxyl groups is 2. The van der Waals surface area contributed by atoms with Crippen molar-refractivity contribution in [2.45, 2.75) is 96.9 Å². The molecule has 1 aromatic rings. The van der Waals surface area contributed by atoms with Crippen molar-refractivity contribution in [3.63, 3.8) is 0 Å². The molecule has 228 valence electrons. The molecule has 0 radical (unpaired) electrons. The summed E-state index contributed by atoms with van der Waals surface area (Å²) in [6, 6.07) is 8.27. The van der Waals surface area contributed by atoms with Gasteiger partial charge in [-0.05, 0) is 37.0 Å². The van der Waals surface area contributed by atoms with Gasteiger partial charge in [0.2, 0.25) is 5.78 Å². The molecule has 7 unspecified atom stereocenters. The van der Waals surface area contributed by atoms with Crippen LogP contribution in [0.15, 0.2) is 41.5 Å². The first kappa shape index (κ1) is 30.4. The van der Waals surface area contributed by atoms with Crippen molar-refractivity contribution >= 4 is 23.7 Å². The molecule has 4 aliphatic rings. The van der Waals surface area contributed by atoms with Crippen molar-refractivity contribution in [1.82, 2.24) is 0 Å². The molecule has 1 aliphatic heterocycles. The van der Waals surface area contributed by atoms with E-state index in [0.717, 1.165) is 0 Å². The number of aliphatic hydroxyl groups excluding tert-OH is 1. The molecule has 2 saturated carbocycles. The van der Waals surface area contributed by atoms with E-state index in [1.807, 2.05) is 6.92 Å². The molecular formula is C32H40O10. The predicted molar refractivity (Wildman–Crippen MR) is 148 cm³/mol. The summed E-state index contributed by atoms with van der Waals surface area (Å²) in [5, 5.41) is 24.1. The Morgan fingerprint density at radius 2 is 1.67 bits per heavy atom. The molecule has 10 nitrogen and oxygen atoms in total. The van der Waals surface area contributed by atoms with Crippen molar-refractivity contribution in [3.8, 4) is 0 Å². The zero-order chi connectivity index (χ0) is 31.0. The number of benzene rings is 1. The molecule has 5 rings (SSSR count). The van der Waals surface area contributed by atoms with Gasteiger partial charge < -0.3 is 29.2 Å². The topological polar surface area (TPSA) is 146 Å². The van der Waals surface area contributed by atoms with Gasteiger partial charge in [-0.15, -0.1) is 0 Å². The molecule has 0 amide bonds. The summed E-state index contributed by atoms with van der Waals surface area (Å²) in [6.45, 7) is 11.0. The van der Waals surface area contributed by atoms with Crippen LogP contribution >= 0.6 is 0 Å². The lowest BCUT2D eigenvalue weighted by Gasteiger charge is -2.68. The number of ketones is 1. The molecule has 1 saturated heterocycles. The minimum Gasteiger partial charge on any atom is -0.455 e. The van der Waals surface area contributed by atoms with Crippen LogP contribution in [0.25, 0.3) is 0 Å². The van der Waals surface area contributed by atoms with Gasteiger partial charge in [0.1, 0.15) is 17.8 Å². The quantitative estimate of drug-likeness (QED) is 0.400. The van der Waals surface area contributed by atoms with Crippen LogP contribution in [-0.4, -0.2) is 76.1 Å². The number of Topliss-reactive ketones (excluding diaryl/α,β-unsaturated/α-hetero) is 1. The Balaban J connectivity index is 1.85. The van der Waals surface area contributed by atoms with Gasteiger partial charge in [0.15, 0.2) is 11.7 Å². The van der Waals surface area contributed by atoms with Crippen molar-refractivity contribution in [3.05, 3.63) is 47.0 Å². The highest BCUT2D eigenvalue weighted by molar-refractivity contribution is 6.03. The molecule has 9 atom stereocenters. The maximum Gasteiger partial charge on any atom is 0.338 e. The van der Waals surface area contributed by atoms with Gasteiger partial charge in [-0.3, -0.25) is 14.4 Å². The number of hydrogen-bond acceptors (Lipinski definition) is 10. The van der Waals surface area contributed by atoms with E-state index in [1.165, 1.54) is 13.8 Å². The summed E-state index contributed by atoms with van der Waals surface area (Å²) in [5.41, 5.74) is -5.44. The lowest BCUT2D eigenvalue weighted by Crippen LogP contribution is -2.81. The van der Waals surface area contributed by atoms with E-state index in [-0.39, 0.29) is 30.1 Å². The van der Waals surface area contributed by atoms with Crippen LogP contribution in [0.2, 0.25) is 0 Å². The average Bonchev–Trinajstić information content (AvgIpc) is 2.90. The van der Waals surface area contributed by atoms with Crippen molar-refractivity contribution in [2.75, 3.05) is 6.61 Å². The third-order valence-corrected chi connectivity index (χ3v) is 10.7. The third kappa shape index (κ3) is 4.09. The van der Waals surface area contributed by atoms with Crippen LogP contribution in [-0.2, 0) is 33.3 Å². The van der Waals surface area contributed by atoms with E-state index in [0.29, 0.717) is 12.0 Å². The molecule has 2 N–H and O–H groups in total. The molecule has 1 heterocycles. The fraction of sp³-hybridized carbons (Fsp3) is 0.625. The molecule has 10 heteroatoms. The highest BCUT2D eigenvalue weighted by atomic mass is 16.6. The Hall–Kier alpha value is -3.08. The van der Waals surface area contributed by atoms with Gasteiger partial charge in [0, 0.05) is 36.7 Å². The summed E-state index contributed by atoms with van der Waals surface area (Å²) in [5.74, 6) is -4.06. The third-order valence-electron chi connectivity index (χ3n) is 10.7. The maximum atomic E-state index is 14.6. The lowest BCUT2D eigenvalue weighted by molar-refractivity contribution is -0.351. The van der Waals surface area contributed by atoms with Gasteiger partial charge in [-0.25, -0.2) is 4.79 Å². The monoisotopic (exact) mass is 584 g/mol. The highest BCUT2D eigenvalue weighted by Crippen LogP contribution is 2.66. The molecule has 3 fully saturated rings. The Bertz CT molecular complexity index is 1350. The maximum absolute atomic E-state index is 14.6. The average molecular weight is 585 g/mol. The Morgan fingerprint density at radius 3 is 2.21 bits per heavy atom. The summed E-state index contributed by atoms with van der Waals surface area (Å²) >= 11 is 0. The fourth-order valence-corrected chi connectivity index (χ4v) is 8.27. The normalized spacial score (nSPS) is 40.4. The summed E-state index contributed by atoms with van der Waals surface area (Å²) in [7, 11) is 0. The standard InChI is InChI=1S/C32H40O10/c1-16-13-22-31(15-39-22,42-19(4)34)25-27(41-28(37)20-11-9-8-10-12-20)32(38)14-21(35)17(2)23(29(32,5)6)24(36)26(30(16,25)7)40-18(3)33/h8-12,16,21-22,25-27,35,38H,13-15H2,1-7H3/t16-,21?,22?,25?,26?,27?,30+,31?,32?/m0/s1. The van der Waals surface area contributed by atoms with Crippen LogP contribution in [0.3, 0.4) is 0 Å². The Labute approximate surface area is 245 Å². The van der Waals surface area contributed by atoms with Gasteiger partial charge >= 0.3 is 17.9 Å². The summed E-state index contributed by atoms with van der Waals surface area (Å²) < 4.78 is 24.2. The van der Waals surface area contributed by atoms with E-state index in [1.54, 1.807) is 58.0 Å². The van der Waals surface area contributed by atoms with Crippen LogP contribution in [0, 0.1) is 22.7 Å². The van der Waals surface area contributed by atoms with E-state index >= 15 is 0 Å². The zero-order valence-corrected chi connectivity index (χ0v) is 25.1. The summed E-state index contributed by atoms with van der Waals surface area (Å²) in [6.07, 6.45) is -4.62.